The molecule has 37 heavy (non-hydrogen) atoms. The van der Waals surface area contributed by atoms with Crippen LogP contribution < -0.4 is 20.1 Å². The minimum Gasteiger partial charge on any atom is -0.490 e. The Kier molecular flexibility index (Phi) is 8.53. The van der Waals surface area contributed by atoms with Gasteiger partial charge in [0, 0.05) is 11.4 Å². The van der Waals surface area contributed by atoms with E-state index in [4.69, 9.17) is 9.47 Å². The molecule has 0 saturated carbocycles. The van der Waals surface area contributed by atoms with Crippen LogP contribution in [0.4, 0.5) is 11.6 Å². The highest BCUT2D eigenvalue weighted by Crippen LogP contribution is 2.43. The number of aryl methyl sites for hydroxylation is 1. The molecule has 0 fully saturated rings. The van der Waals surface area contributed by atoms with Crippen molar-refractivity contribution < 1.29 is 14.3 Å². The molecule has 2 aromatic carbocycles. The van der Waals surface area contributed by atoms with E-state index in [0.717, 1.165) is 46.1 Å². The summed E-state index contributed by atoms with van der Waals surface area (Å²) in [5, 5.41) is 10.8. The zero-order chi connectivity index (χ0) is 26.5. The molecule has 3 aromatic rings. The Bertz CT molecular complexity index is 1320. The first-order chi connectivity index (χ1) is 17.8. The van der Waals surface area contributed by atoms with Crippen LogP contribution in [-0.4, -0.2) is 33.9 Å². The molecule has 2 heterocycles. The summed E-state index contributed by atoms with van der Waals surface area (Å²) in [5.41, 5.74) is 5.00. The quantitative estimate of drug-likeness (QED) is 0.270. The Morgan fingerprint density at radius 3 is 2.73 bits per heavy atom. The van der Waals surface area contributed by atoms with E-state index in [1.807, 2.05) is 58.0 Å². The van der Waals surface area contributed by atoms with Gasteiger partial charge in [-0.05, 0) is 84.9 Å². The summed E-state index contributed by atoms with van der Waals surface area (Å²) >= 11 is 3.70. The van der Waals surface area contributed by atoms with Gasteiger partial charge in [-0.15, -0.1) is 0 Å². The van der Waals surface area contributed by atoms with E-state index in [9.17, 15) is 4.79 Å². The van der Waals surface area contributed by atoms with E-state index in [2.05, 4.69) is 43.6 Å². The maximum atomic E-state index is 13.8. The van der Waals surface area contributed by atoms with Crippen LogP contribution in [0.3, 0.4) is 0 Å². The second-order valence-corrected chi connectivity index (χ2v) is 9.97. The van der Waals surface area contributed by atoms with Crippen molar-refractivity contribution in [2.45, 2.75) is 59.9 Å². The van der Waals surface area contributed by atoms with Gasteiger partial charge in [0.1, 0.15) is 12.4 Å². The number of hydrogen-bond acceptors (Lipinski definition) is 6. The number of allylic oxidation sites excluding steroid dienone is 1. The Hall–Kier alpha value is -3.33. The number of anilines is 2. The largest absolute Gasteiger partial charge is 0.490 e. The van der Waals surface area contributed by atoms with E-state index in [-0.39, 0.29) is 5.91 Å². The number of hydrogen-bond donors (Lipinski definition) is 2. The summed E-state index contributed by atoms with van der Waals surface area (Å²) < 4.78 is 14.6. The summed E-state index contributed by atoms with van der Waals surface area (Å²) in [6, 6.07) is 9.27. The highest BCUT2D eigenvalue weighted by Gasteiger charge is 2.34. The van der Waals surface area contributed by atoms with Crippen molar-refractivity contribution in [1.29, 1.82) is 0 Å². The van der Waals surface area contributed by atoms with Gasteiger partial charge in [-0.3, -0.25) is 4.79 Å². The Morgan fingerprint density at radius 2 is 1.97 bits per heavy atom. The predicted octanol–water partition coefficient (Wildman–Crippen LogP) is 6.55. The first-order valence-electron chi connectivity index (χ1n) is 12.7. The van der Waals surface area contributed by atoms with Crippen LogP contribution in [0.2, 0.25) is 0 Å². The average molecular weight is 569 g/mol. The molecule has 0 radical (unpaired) electrons. The van der Waals surface area contributed by atoms with Crippen molar-refractivity contribution in [2.75, 3.05) is 23.8 Å². The van der Waals surface area contributed by atoms with Gasteiger partial charge in [-0.1, -0.05) is 31.9 Å². The monoisotopic (exact) mass is 567 g/mol. The van der Waals surface area contributed by atoms with E-state index in [0.29, 0.717) is 41.9 Å². The van der Waals surface area contributed by atoms with Crippen LogP contribution in [0.5, 0.6) is 11.5 Å². The van der Waals surface area contributed by atoms with Crippen molar-refractivity contribution in [2.24, 2.45) is 0 Å². The van der Waals surface area contributed by atoms with Crippen molar-refractivity contribution >= 4 is 33.5 Å². The maximum Gasteiger partial charge on any atom is 0.255 e. The second-order valence-electron chi connectivity index (χ2n) is 9.11. The number of unbranched alkanes of at least 4 members (excludes halogenated alkanes) is 2. The van der Waals surface area contributed by atoms with Gasteiger partial charge in [0.25, 0.3) is 5.91 Å². The molecule has 8 nitrogen and oxygen atoms in total. The first kappa shape index (κ1) is 26.7. The van der Waals surface area contributed by atoms with Crippen molar-refractivity contribution in [1.82, 2.24) is 14.8 Å². The number of carbonyl (C=O) groups excluding carboxylic acids is 1. The number of nitrogens with one attached hydrogen (secondary N) is 2. The first-order valence-corrected chi connectivity index (χ1v) is 13.5. The van der Waals surface area contributed by atoms with E-state index < -0.39 is 6.04 Å². The minimum absolute atomic E-state index is 0.209. The third-order valence-electron chi connectivity index (χ3n) is 6.53. The zero-order valence-electron chi connectivity index (χ0n) is 22.0. The predicted molar refractivity (Wildman–Crippen MR) is 149 cm³/mol. The molecule has 1 aromatic heterocycles. The van der Waals surface area contributed by atoms with Crippen LogP contribution in [-0.2, 0) is 4.79 Å². The highest BCUT2D eigenvalue weighted by molar-refractivity contribution is 9.10. The summed E-state index contributed by atoms with van der Waals surface area (Å²) in [7, 11) is 0. The molecule has 1 aliphatic heterocycles. The SMILES string of the molecule is CCCCCOc1c(Br)cc(C2C(C(=O)Nc3cccc(C)c3C)=C(C)Nc3ncnn32)cc1OCC. The van der Waals surface area contributed by atoms with E-state index in [1.165, 1.54) is 6.33 Å². The number of amides is 1. The lowest BCUT2D eigenvalue weighted by Crippen LogP contribution is -2.31. The van der Waals surface area contributed by atoms with Gasteiger partial charge < -0.3 is 20.1 Å². The maximum absolute atomic E-state index is 13.8. The number of halogens is 1. The van der Waals surface area contributed by atoms with Gasteiger partial charge in [0.2, 0.25) is 5.95 Å². The van der Waals surface area contributed by atoms with Gasteiger partial charge >= 0.3 is 0 Å². The fourth-order valence-electron chi connectivity index (χ4n) is 4.44. The zero-order valence-corrected chi connectivity index (χ0v) is 23.6. The number of aromatic nitrogens is 3. The van der Waals surface area contributed by atoms with Crippen molar-refractivity contribution in [3.63, 3.8) is 0 Å². The van der Waals surface area contributed by atoms with Crippen LogP contribution in [0.15, 0.2) is 52.4 Å². The lowest BCUT2D eigenvalue weighted by Gasteiger charge is -2.29. The molecule has 0 saturated heterocycles. The molecule has 2 N–H and O–H groups in total. The Balaban J connectivity index is 1.75. The molecule has 1 aliphatic rings. The summed E-state index contributed by atoms with van der Waals surface area (Å²) in [6.07, 6.45) is 4.68. The fourth-order valence-corrected chi connectivity index (χ4v) is 5.02. The molecule has 9 heteroatoms. The summed E-state index contributed by atoms with van der Waals surface area (Å²) in [5.74, 6) is 1.64. The van der Waals surface area contributed by atoms with Crippen molar-refractivity contribution in [3.8, 4) is 11.5 Å². The van der Waals surface area contributed by atoms with Crippen LogP contribution >= 0.6 is 15.9 Å². The third-order valence-corrected chi connectivity index (χ3v) is 7.12. The number of rotatable bonds is 10. The topological polar surface area (TPSA) is 90.3 Å². The second kappa shape index (κ2) is 11.8. The molecule has 0 spiro atoms. The van der Waals surface area contributed by atoms with Gasteiger partial charge in [-0.2, -0.15) is 10.1 Å². The molecular formula is C28H34BrN5O3. The average Bonchev–Trinajstić information content (AvgIpc) is 3.33. The van der Waals surface area contributed by atoms with Crippen LogP contribution in [0.1, 0.15) is 62.8 Å². The van der Waals surface area contributed by atoms with Crippen LogP contribution in [0, 0.1) is 13.8 Å². The summed E-state index contributed by atoms with van der Waals surface area (Å²) in [4.78, 5) is 18.1. The molecule has 1 atom stereocenters. The number of benzene rings is 2. The van der Waals surface area contributed by atoms with E-state index >= 15 is 0 Å². The molecule has 1 unspecified atom stereocenters. The van der Waals surface area contributed by atoms with E-state index in [1.54, 1.807) is 4.68 Å². The molecular weight excluding hydrogens is 534 g/mol. The number of carbonyl (C=O) groups is 1. The van der Waals surface area contributed by atoms with Gasteiger partial charge in [0.05, 0.1) is 23.3 Å². The fraction of sp³-hybridized carbons (Fsp3) is 0.393. The lowest BCUT2D eigenvalue weighted by atomic mass is 9.94. The standard InChI is InChI=1S/C28H34BrN5O3/c1-6-8-9-13-37-26-21(29)14-20(15-23(26)36-7-2)25-24(19(5)32-28-30-16-31-34(25)28)27(35)33-22-12-10-11-17(3)18(22)4/h10-12,14-16,25H,6-9,13H2,1-5H3,(H,33,35)(H,30,31,32). The number of fused-ring (bicyclic) bond motifs is 1. The molecule has 1 amide bonds. The van der Waals surface area contributed by atoms with Crippen LogP contribution in [0.25, 0.3) is 0 Å². The lowest BCUT2D eigenvalue weighted by molar-refractivity contribution is -0.113. The number of ether oxygens (including phenoxy) is 2. The van der Waals surface area contributed by atoms with Gasteiger partial charge in [0.15, 0.2) is 11.5 Å². The number of nitrogens with zero attached hydrogens (tertiary/aromatic N) is 3. The summed E-state index contributed by atoms with van der Waals surface area (Å²) in [6.45, 7) is 11.1. The molecule has 0 bridgehead atoms. The smallest absolute Gasteiger partial charge is 0.255 e. The Labute approximate surface area is 226 Å². The normalized spacial score (nSPS) is 14.7. The Morgan fingerprint density at radius 1 is 1.16 bits per heavy atom. The molecule has 0 aliphatic carbocycles. The highest BCUT2D eigenvalue weighted by atomic mass is 79.9. The third kappa shape index (κ3) is 5.66. The van der Waals surface area contributed by atoms with Crippen molar-refractivity contribution in [3.05, 3.63) is 69.1 Å². The van der Waals surface area contributed by atoms with Gasteiger partial charge in [-0.25, -0.2) is 4.68 Å². The molecule has 196 valence electrons. The minimum atomic E-state index is -0.520. The molecule has 4 rings (SSSR count).